The predicted molar refractivity (Wildman–Crippen MR) is 106 cm³/mol. The Bertz CT molecular complexity index is 798. The lowest BCUT2D eigenvalue weighted by molar-refractivity contribution is -0.147. The minimum atomic E-state index is -0.458. The van der Waals surface area contributed by atoms with E-state index in [1.54, 1.807) is 12.1 Å². The molecule has 1 heterocycles. The third kappa shape index (κ3) is 4.69. The SMILES string of the molecule is COc1ccc(CC(=O)N2CCO[C@@H](CN(C)C)[C@@H]2c2ccccc2)cc1F. The van der Waals surface area contributed by atoms with Crippen molar-refractivity contribution < 1.29 is 18.7 Å². The molecule has 0 unspecified atom stereocenters. The number of carbonyl (C=O) groups excluding carboxylic acids is 1. The lowest BCUT2D eigenvalue weighted by Gasteiger charge is -2.42. The van der Waals surface area contributed by atoms with Gasteiger partial charge in [0.2, 0.25) is 5.91 Å². The van der Waals surface area contributed by atoms with E-state index in [1.807, 2.05) is 49.3 Å². The molecular formula is C22H27FN2O3. The van der Waals surface area contributed by atoms with Gasteiger partial charge in [-0.1, -0.05) is 36.4 Å². The summed E-state index contributed by atoms with van der Waals surface area (Å²) in [5, 5.41) is 0. The van der Waals surface area contributed by atoms with E-state index in [4.69, 9.17) is 9.47 Å². The number of rotatable bonds is 6. The number of halogens is 1. The molecular weight excluding hydrogens is 359 g/mol. The summed E-state index contributed by atoms with van der Waals surface area (Å²) in [5.74, 6) is -0.318. The van der Waals surface area contributed by atoms with Crippen molar-refractivity contribution in [1.29, 1.82) is 0 Å². The average Bonchev–Trinajstić information content (AvgIpc) is 2.68. The van der Waals surface area contributed by atoms with Gasteiger partial charge in [0.15, 0.2) is 11.6 Å². The molecule has 1 amide bonds. The van der Waals surface area contributed by atoms with Gasteiger partial charge in [-0.25, -0.2) is 4.39 Å². The summed E-state index contributed by atoms with van der Waals surface area (Å²) in [6, 6.07) is 14.4. The van der Waals surface area contributed by atoms with Crippen LogP contribution in [-0.2, 0) is 16.0 Å². The largest absolute Gasteiger partial charge is 0.494 e. The monoisotopic (exact) mass is 386 g/mol. The van der Waals surface area contributed by atoms with E-state index in [0.717, 1.165) is 5.56 Å². The van der Waals surface area contributed by atoms with Crippen molar-refractivity contribution in [2.24, 2.45) is 0 Å². The zero-order valence-corrected chi connectivity index (χ0v) is 16.6. The molecule has 0 saturated carbocycles. The van der Waals surface area contributed by atoms with Crippen LogP contribution in [0.3, 0.4) is 0 Å². The standard InChI is InChI=1S/C22H27FN2O3/c1-24(2)15-20-22(17-7-5-4-6-8-17)25(11-12-28-20)21(26)14-16-9-10-19(27-3)18(23)13-16/h4-10,13,20,22H,11-12,14-15H2,1-3H3/t20-,22-/m0/s1. The van der Waals surface area contributed by atoms with Crippen LogP contribution in [0.15, 0.2) is 48.5 Å². The number of amides is 1. The Hall–Kier alpha value is -2.44. The highest BCUT2D eigenvalue weighted by molar-refractivity contribution is 5.79. The smallest absolute Gasteiger partial charge is 0.227 e. The molecule has 6 heteroatoms. The van der Waals surface area contributed by atoms with Crippen LogP contribution in [0.2, 0.25) is 0 Å². The van der Waals surface area contributed by atoms with Crippen LogP contribution < -0.4 is 4.74 Å². The van der Waals surface area contributed by atoms with Crippen molar-refractivity contribution in [2.75, 3.05) is 40.9 Å². The summed E-state index contributed by atoms with van der Waals surface area (Å²) >= 11 is 0. The number of hydrogen-bond donors (Lipinski definition) is 0. The third-order valence-electron chi connectivity index (χ3n) is 4.93. The van der Waals surface area contributed by atoms with Gasteiger partial charge in [0, 0.05) is 13.1 Å². The Morgan fingerprint density at radius 3 is 2.64 bits per heavy atom. The average molecular weight is 386 g/mol. The number of morpholine rings is 1. The van der Waals surface area contributed by atoms with Gasteiger partial charge in [0.1, 0.15) is 0 Å². The van der Waals surface area contributed by atoms with Crippen molar-refractivity contribution in [3.8, 4) is 5.75 Å². The third-order valence-corrected chi connectivity index (χ3v) is 4.93. The van der Waals surface area contributed by atoms with Gasteiger partial charge in [-0.05, 0) is 37.4 Å². The van der Waals surface area contributed by atoms with Crippen LogP contribution in [-0.4, -0.2) is 62.7 Å². The predicted octanol–water partition coefficient (Wildman–Crippen LogP) is 2.91. The van der Waals surface area contributed by atoms with E-state index >= 15 is 0 Å². The van der Waals surface area contributed by atoms with E-state index < -0.39 is 5.82 Å². The number of hydrogen-bond acceptors (Lipinski definition) is 4. The second kappa shape index (κ2) is 9.17. The van der Waals surface area contributed by atoms with Gasteiger partial charge < -0.3 is 19.3 Å². The first-order valence-electron chi connectivity index (χ1n) is 9.42. The van der Waals surface area contributed by atoms with Gasteiger partial charge in [0.25, 0.3) is 0 Å². The van der Waals surface area contributed by atoms with E-state index in [2.05, 4.69) is 4.90 Å². The van der Waals surface area contributed by atoms with E-state index in [-0.39, 0.29) is 30.2 Å². The number of likely N-dealkylation sites (N-methyl/N-ethyl adjacent to an activating group) is 1. The highest BCUT2D eigenvalue weighted by atomic mass is 19.1. The molecule has 1 aliphatic heterocycles. The maximum Gasteiger partial charge on any atom is 0.227 e. The molecule has 28 heavy (non-hydrogen) atoms. The molecule has 150 valence electrons. The van der Waals surface area contributed by atoms with Crippen LogP contribution in [0.5, 0.6) is 5.75 Å². The maximum absolute atomic E-state index is 14.0. The lowest BCUT2D eigenvalue weighted by atomic mass is 9.96. The van der Waals surface area contributed by atoms with Gasteiger partial charge in [-0.2, -0.15) is 0 Å². The molecule has 1 aliphatic rings. The van der Waals surface area contributed by atoms with Crippen LogP contribution in [0.1, 0.15) is 17.2 Å². The lowest BCUT2D eigenvalue weighted by Crippen LogP contribution is -2.51. The fourth-order valence-corrected chi connectivity index (χ4v) is 3.67. The van der Waals surface area contributed by atoms with Crippen molar-refractivity contribution in [2.45, 2.75) is 18.6 Å². The first-order valence-corrected chi connectivity index (χ1v) is 9.42. The molecule has 0 bridgehead atoms. The quantitative estimate of drug-likeness (QED) is 0.766. The summed E-state index contributed by atoms with van der Waals surface area (Å²) in [6.07, 6.45) is 0.0153. The van der Waals surface area contributed by atoms with Gasteiger partial charge in [-0.15, -0.1) is 0 Å². The van der Waals surface area contributed by atoms with Gasteiger partial charge >= 0.3 is 0 Å². The second-order valence-corrected chi connectivity index (χ2v) is 7.26. The number of benzene rings is 2. The highest BCUT2D eigenvalue weighted by Gasteiger charge is 2.36. The van der Waals surface area contributed by atoms with Crippen LogP contribution in [0.25, 0.3) is 0 Å². The first kappa shape index (κ1) is 20.3. The number of nitrogens with zero attached hydrogens (tertiary/aromatic N) is 2. The van der Waals surface area contributed by atoms with Crippen LogP contribution in [0.4, 0.5) is 4.39 Å². The fourth-order valence-electron chi connectivity index (χ4n) is 3.67. The minimum absolute atomic E-state index is 0.0366. The molecule has 3 rings (SSSR count). The van der Waals surface area contributed by atoms with Crippen molar-refractivity contribution in [3.63, 3.8) is 0 Å². The maximum atomic E-state index is 14.0. The Kier molecular flexibility index (Phi) is 6.65. The molecule has 0 radical (unpaired) electrons. The van der Waals surface area contributed by atoms with Crippen molar-refractivity contribution in [1.82, 2.24) is 9.80 Å². The molecule has 0 aliphatic carbocycles. The zero-order chi connectivity index (χ0) is 20.1. The summed E-state index contributed by atoms with van der Waals surface area (Å²) in [6.45, 7) is 1.71. The molecule has 0 aromatic heterocycles. The summed E-state index contributed by atoms with van der Waals surface area (Å²) < 4.78 is 25.0. The highest BCUT2D eigenvalue weighted by Crippen LogP contribution is 2.31. The number of methoxy groups -OCH3 is 1. The van der Waals surface area contributed by atoms with E-state index in [0.29, 0.717) is 25.3 Å². The molecule has 2 aromatic carbocycles. The summed E-state index contributed by atoms with van der Waals surface area (Å²) in [7, 11) is 5.41. The molecule has 5 nitrogen and oxygen atoms in total. The topological polar surface area (TPSA) is 42.0 Å². The normalized spacial score (nSPS) is 19.7. The van der Waals surface area contributed by atoms with Crippen LogP contribution >= 0.6 is 0 Å². The zero-order valence-electron chi connectivity index (χ0n) is 16.6. The summed E-state index contributed by atoms with van der Waals surface area (Å²) in [5.41, 5.74) is 1.68. The van der Waals surface area contributed by atoms with Crippen LogP contribution in [0, 0.1) is 5.82 Å². The van der Waals surface area contributed by atoms with Crippen molar-refractivity contribution >= 4 is 5.91 Å². The summed E-state index contributed by atoms with van der Waals surface area (Å²) in [4.78, 5) is 17.1. The second-order valence-electron chi connectivity index (χ2n) is 7.26. The Labute approximate surface area is 165 Å². The first-order chi connectivity index (χ1) is 13.5. The van der Waals surface area contributed by atoms with E-state index in [1.165, 1.54) is 13.2 Å². The molecule has 0 spiro atoms. The van der Waals surface area contributed by atoms with Crippen molar-refractivity contribution in [3.05, 3.63) is 65.5 Å². The minimum Gasteiger partial charge on any atom is -0.494 e. The Morgan fingerprint density at radius 1 is 1.25 bits per heavy atom. The molecule has 2 aromatic rings. The molecule has 1 fully saturated rings. The molecule has 0 N–H and O–H groups in total. The van der Waals surface area contributed by atoms with Gasteiger partial charge in [-0.3, -0.25) is 4.79 Å². The number of carbonyl (C=O) groups is 1. The molecule has 2 atom stereocenters. The van der Waals surface area contributed by atoms with Gasteiger partial charge in [0.05, 0.1) is 32.3 Å². The fraction of sp³-hybridized carbons (Fsp3) is 0.409. The number of ether oxygens (including phenoxy) is 2. The Balaban J connectivity index is 1.84. The van der Waals surface area contributed by atoms with E-state index in [9.17, 15) is 9.18 Å². The molecule has 1 saturated heterocycles. The Morgan fingerprint density at radius 2 is 2.00 bits per heavy atom.